The van der Waals surface area contributed by atoms with Gasteiger partial charge in [0, 0.05) is 45.1 Å². The average Bonchev–Trinajstić information content (AvgIpc) is 3.06. The first kappa shape index (κ1) is 22.0. The normalized spacial score (nSPS) is 17.4. The Labute approximate surface area is 187 Å². The van der Waals surface area contributed by atoms with Crippen LogP contribution in [0.3, 0.4) is 0 Å². The molecule has 0 unspecified atom stereocenters. The number of amides is 2. The Morgan fingerprint density at radius 3 is 2.28 bits per heavy atom. The van der Waals surface area contributed by atoms with Gasteiger partial charge in [0.25, 0.3) is 11.8 Å². The second kappa shape index (κ2) is 9.93. The zero-order chi connectivity index (χ0) is 22.5. The second-order valence-electron chi connectivity index (χ2n) is 7.79. The van der Waals surface area contributed by atoms with Crippen molar-refractivity contribution in [1.82, 2.24) is 19.7 Å². The Balaban J connectivity index is 1.66. The van der Waals surface area contributed by atoms with Crippen LogP contribution in [0.4, 0.5) is 0 Å². The van der Waals surface area contributed by atoms with Crippen molar-refractivity contribution in [2.75, 3.05) is 45.9 Å². The summed E-state index contributed by atoms with van der Waals surface area (Å²) in [5.41, 5.74) is 2.44. The zero-order valence-electron chi connectivity index (χ0n) is 18.2. The van der Waals surface area contributed by atoms with Crippen molar-refractivity contribution in [3.63, 3.8) is 0 Å². The number of β-amino-alcohol motifs (C(OH)–C–C–N with tert-alkyl or cyclic N) is 1. The van der Waals surface area contributed by atoms with Gasteiger partial charge in [-0.25, -0.2) is 0 Å². The Hall–Kier alpha value is -3.23. The van der Waals surface area contributed by atoms with Gasteiger partial charge < -0.3 is 14.7 Å². The molecule has 0 aliphatic carbocycles. The fourth-order valence-corrected chi connectivity index (χ4v) is 4.15. The van der Waals surface area contributed by atoms with Crippen molar-refractivity contribution in [3.8, 4) is 5.75 Å². The van der Waals surface area contributed by atoms with Crippen molar-refractivity contribution < 1.29 is 19.4 Å². The number of aromatic nitrogens is 1. The molecule has 0 atom stereocenters. The highest BCUT2D eigenvalue weighted by molar-refractivity contribution is 6.35. The SMILES string of the molecule is CCOc1ccc(C2=C(N3CCN(CCO)CC3)C(=O)N(Cc3ccncc3)C2=O)cc1. The lowest BCUT2D eigenvalue weighted by atomic mass is 10.0. The summed E-state index contributed by atoms with van der Waals surface area (Å²) < 4.78 is 5.53. The van der Waals surface area contributed by atoms with E-state index in [-0.39, 0.29) is 25.0 Å². The van der Waals surface area contributed by atoms with E-state index >= 15 is 0 Å². The summed E-state index contributed by atoms with van der Waals surface area (Å²) in [5.74, 6) is 0.163. The van der Waals surface area contributed by atoms with Gasteiger partial charge >= 0.3 is 0 Å². The highest BCUT2D eigenvalue weighted by atomic mass is 16.5. The number of ether oxygens (including phenoxy) is 1. The lowest BCUT2D eigenvalue weighted by Gasteiger charge is -2.36. The van der Waals surface area contributed by atoms with Gasteiger partial charge in [-0.3, -0.25) is 24.4 Å². The highest BCUT2D eigenvalue weighted by Gasteiger charge is 2.42. The first-order valence-corrected chi connectivity index (χ1v) is 10.9. The van der Waals surface area contributed by atoms with Gasteiger partial charge in [0.1, 0.15) is 11.4 Å². The third-order valence-corrected chi connectivity index (χ3v) is 5.79. The standard InChI is InChI=1S/C24H28N4O4/c1-2-32-20-5-3-19(4-6-20)21-22(27-13-11-26(12-14-27)15-16-29)24(31)28(23(21)30)17-18-7-9-25-10-8-18/h3-10,29H,2,11-17H2,1H3. The highest BCUT2D eigenvalue weighted by Crippen LogP contribution is 2.33. The third kappa shape index (κ3) is 4.51. The lowest BCUT2D eigenvalue weighted by molar-refractivity contribution is -0.138. The second-order valence-corrected chi connectivity index (χ2v) is 7.79. The van der Waals surface area contributed by atoms with Crippen molar-refractivity contribution in [3.05, 3.63) is 65.6 Å². The quantitative estimate of drug-likeness (QED) is 0.626. The Morgan fingerprint density at radius 1 is 0.969 bits per heavy atom. The summed E-state index contributed by atoms with van der Waals surface area (Å²) in [4.78, 5) is 36.5. The fraction of sp³-hybridized carbons (Fsp3) is 0.375. The van der Waals surface area contributed by atoms with E-state index in [1.165, 1.54) is 4.90 Å². The summed E-state index contributed by atoms with van der Waals surface area (Å²) in [6.45, 7) is 6.10. The predicted molar refractivity (Wildman–Crippen MR) is 119 cm³/mol. The molecule has 32 heavy (non-hydrogen) atoms. The summed E-state index contributed by atoms with van der Waals surface area (Å²) in [7, 11) is 0. The van der Waals surface area contributed by atoms with E-state index in [4.69, 9.17) is 4.74 Å². The van der Waals surface area contributed by atoms with Gasteiger partial charge in [-0.1, -0.05) is 12.1 Å². The number of hydrogen-bond donors (Lipinski definition) is 1. The third-order valence-electron chi connectivity index (χ3n) is 5.79. The summed E-state index contributed by atoms with van der Waals surface area (Å²) in [6.07, 6.45) is 3.31. The zero-order valence-corrected chi connectivity index (χ0v) is 18.2. The lowest BCUT2D eigenvalue weighted by Crippen LogP contribution is -2.48. The molecule has 1 fully saturated rings. The molecule has 1 N–H and O–H groups in total. The smallest absolute Gasteiger partial charge is 0.278 e. The molecule has 0 bridgehead atoms. The van der Waals surface area contributed by atoms with Crippen molar-refractivity contribution in [2.45, 2.75) is 13.5 Å². The van der Waals surface area contributed by atoms with Gasteiger partial charge in [0.05, 0.1) is 25.3 Å². The van der Waals surface area contributed by atoms with Crippen molar-refractivity contribution in [1.29, 1.82) is 0 Å². The number of rotatable bonds is 8. The molecule has 1 saturated heterocycles. The van der Waals surface area contributed by atoms with Crippen LogP contribution in [-0.4, -0.2) is 82.5 Å². The van der Waals surface area contributed by atoms with E-state index in [0.29, 0.717) is 43.1 Å². The van der Waals surface area contributed by atoms with Crippen LogP contribution in [0.15, 0.2) is 54.5 Å². The van der Waals surface area contributed by atoms with Crippen molar-refractivity contribution >= 4 is 17.4 Å². The number of carbonyl (C=O) groups excluding carboxylic acids is 2. The number of carbonyl (C=O) groups is 2. The number of benzene rings is 1. The van der Waals surface area contributed by atoms with Crippen molar-refractivity contribution in [2.24, 2.45) is 0 Å². The Morgan fingerprint density at radius 2 is 1.66 bits per heavy atom. The molecule has 2 aromatic rings. The molecule has 2 aliphatic heterocycles. The van der Waals surface area contributed by atoms with Gasteiger partial charge in [0.15, 0.2) is 0 Å². The molecule has 2 aliphatic rings. The minimum absolute atomic E-state index is 0.108. The number of hydrogen-bond acceptors (Lipinski definition) is 7. The Bertz CT molecular complexity index is 983. The molecular weight excluding hydrogens is 408 g/mol. The minimum Gasteiger partial charge on any atom is -0.494 e. The maximum absolute atomic E-state index is 13.5. The first-order chi connectivity index (χ1) is 15.6. The molecule has 4 rings (SSSR count). The molecule has 2 amide bonds. The van der Waals surface area contributed by atoms with E-state index < -0.39 is 0 Å². The fourth-order valence-electron chi connectivity index (χ4n) is 4.15. The van der Waals surface area contributed by atoms with Crippen LogP contribution >= 0.6 is 0 Å². The molecule has 1 aromatic heterocycles. The van der Waals surface area contributed by atoms with Gasteiger partial charge in [-0.05, 0) is 42.3 Å². The molecular formula is C24H28N4O4. The van der Waals surface area contributed by atoms with Crippen LogP contribution in [0.1, 0.15) is 18.1 Å². The van der Waals surface area contributed by atoms with Crippen LogP contribution in [-0.2, 0) is 16.1 Å². The van der Waals surface area contributed by atoms with Crippen LogP contribution in [0, 0.1) is 0 Å². The predicted octanol–water partition coefficient (Wildman–Crippen LogP) is 1.37. The van der Waals surface area contributed by atoms with Gasteiger partial charge in [0.2, 0.25) is 0 Å². The van der Waals surface area contributed by atoms with Gasteiger partial charge in [-0.15, -0.1) is 0 Å². The largest absolute Gasteiger partial charge is 0.494 e. The molecule has 1 aromatic carbocycles. The average molecular weight is 437 g/mol. The number of aliphatic hydroxyl groups excluding tert-OH is 1. The van der Waals surface area contributed by atoms with E-state index in [1.807, 2.05) is 48.2 Å². The summed E-state index contributed by atoms with van der Waals surface area (Å²) in [6, 6.07) is 10.9. The molecule has 8 heteroatoms. The van der Waals surface area contributed by atoms with E-state index in [0.717, 1.165) is 24.4 Å². The molecule has 0 spiro atoms. The number of aliphatic hydroxyl groups is 1. The molecule has 168 valence electrons. The van der Waals surface area contributed by atoms with Crippen LogP contribution < -0.4 is 4.74 Å². The number of piperazine rings is 1. The van der Waals surface area contributed by atoms with E-state index in [2.05, 4.69) is 9.88 Å². The topological polar surface area (TPSA) is 86.2 Å². The van der Waals surface area contributed by atoms with E-state index in [9.17, 15) is 14.7 Å². The Kier molecular flexibility index (Phi) is 6.82. The monoisotopic (exact) mass is 436 g/mol. The van der Waals surface area contributed by atoms with Crippen LogP contribution in [0.5, 0.6) is 5.75 Å². The van der Waals surface area contributed by atoms with Crippen LogP contribution in [0.25, 0.3) is 5.57 Å². The molecule has 0 radical (unpaired) electrons. The maximum atomic E-state index is 13.5. The number of imide groups is 1. The summed E-state index contributed by atoms with van der Waals surface area (Å²) >= 11 is 0. The maximum Gasteiger partial charge on any atom is 0.278 e. The summed E-state index contributed by atoms with van der Waals surface area (Å²) in [5, 5.41) is 9.21. The number of pyridine rings is 1. The van der Waals surface area contributed by atoms with E-state index in [1.54, 1.807) is 12.4 Å². The molecule has 3 heterocycles. The molecule has 0 saturated carbocycles. The van der Waals surface area contributed by atoms with Gasteiger partial charge in [-0.2, -0.15) is 0 Å². The first-order valence-electron chi connectivity index (χ1n) is 10.9. The number of nitrogens with zero attached hydrogens (tertiary/aromatic N) is 4. The molecule has 8 nitrogen and oxygen atoms in total. The van der Waals surface area contributed by atoms with Crippen LogP contribution in [0.2, 0.25) is 0 Å². The minimum atomic E-state index is -0.288.